The summed E-state index contributed by atoms with van der Waals surface area (Å²) in [4.78, 5) is 8.07. The monoisotopic (exact) mass is 181 g/mol. The Labute approximate surface area is 73.4 Å². The molecule has 0 N–H and O–H groups in total. The Morgan fingerprint density at radius 2 is 2.25 bits per heavy atom. The highest BCUT2D eigenvalue weighted by Gasteiger charge is 2.09. The van der Waals surface area contributed by atoms with Gasteiger partial charge in [-0.1, -0.05) is 5.16 Å². The molecule has 0 unspecified atom stereocenters. The summed E-state index contributed by atoms with van der Waals surface area (Å²) in [5.74, 6) is 0. The fraction of sp³-hybridized carbons (Fsp3) is 0.286. The van der Waals surface area contributed by atoms with E-state index in [0.29, 0.717) is 5.71 Å². The summed E-state index contributed by atoms with van der Waals surface area (Å²) in [6, 6.07) is 0. The maximum absolute atomic E-state index is 4.98. The molecule has 2 aromatic rings. The van der Waals surface area contributed by atoms with Crippen molar-refractivity contribution in [3.8, 4) is 0 Å². The smallest absolute Gasteiger partial charge is 0.262 e. The lowest BCUT2D eigenvalue weighted by Crippen LogP contribution is -1.83. The first-order chi connectivity index (χ1) is 5.83. The molecule has 0 bridgehead atoms. The van der Waals surface area contributed by atoms with Gasteiger partial charge in [-0.25, -0.2) is 4.98 Å². The van der Waals surface area contributed by atoms with E-state index in [-0.39, 0.29) is 0 Å². The molecule has 0 saturated heterocycles. The molecule has 0 radical (unpaired) electrons. The standard InChI is InChI=1S/C7H7N3OS/c1-4-5-6(11-10-4)8-3-9-7(5)12-2/h3H,1-2H3. The summed E-state index contributed by atoms with van der Waals surface area (Å²) >= 11 is 1.57. The van der Waals surface area contributed by atoms with Crippen LogP contribution in [0.25, 0.3) is 11.1 Å². The van der Waals surface area contributed by atoms with Gasteiger partial charge in [0.2, 0.25) is 0 Å². The normalized spacial score (nSPS) is 10.8. The summed E-state index contributed by atoms with van der Waals surface area (Å²) in [6.45, 7) is 1.88. The number of hydrogen-bond donors (Lipinski definition) is 0. The lowest BCUT2D eigenvalue weighted by Gasteiger charge is -1.93. The van der Waals surface area contributed by atoms with Crippen LogP contribution in [-0.2, 0) is 0 Å². The minimum atomic E-state index is 0.562. The van der Waals surface area contributed by atoms with Crippen LogP contribution in [0.1, 0.15) is 5.69 Å². The molecular formula is C7H7N3OS. The predicted octanol–water partition coefficient (Wildman–Crippen LogP) is 1.65. The van der Waals surface area contributed by atoms with Crippen molar-refractivity contribution in [3.05, 3.63) is 12.0 Å². The molecule has 0 aromatic carbocycles. The van der Waals surface area contributed by atoms with Crippen LogP contribution < -0.4 is 0 Å². The van der Waals surface area contributed by atoms with Crippen molar-refractivity contribution < 1.29 is 4.52 Å². The Morgan fingerprint density at radius 3 is 3.00 bits per heavy atom. The zero-order chi connectivity index (χ0) is 8.55. The molecule has 0 atom stereocenters. The molecule has 4 nitrogen and oxygen atoms in total. The zero-order valence-electron chi connectivity index (χ0n) is 6.74. The van der Waals surface area contributed by atoms with Crippen molar-refractivity contribution in [2.24, 2.45) is 0 Å². The predicted molar refractivity (Wildman–Crippen MR) is 46.1 cm³/mol. The number of thioether (sulfide) groups is 1. The van der Waals surface area contributed by atoms with Gasteiger partial charge >= 0.3 is 0 Å². The quantitative estimate of drug-likeness (QED) is 0.494. The number of rotatable bonds is 1. The van der Waals surface area contributed by atoms with Gasteiger partial charge in [0.05, 0.1) is 11.1 Å². The zero-order valence-corrected chi connectivity index (χ0v) is 7.55. The van der Waals surface area contributed by atoms with E-state index in [1.54, 1.807) is 11.8 Å². The molecule has 0 aliphatic carbocycles. The van der Waals surface area contributed by atoms with Gasteiger partial charge in [-0.05, 0) is 13.2 Å². The Balaban J connectivity index is 2.84. The Hall–Kier alpha value is -1.10. The Kier molecular flexibility index (Phi) is 1.73. The van der Waals surface area contributed by atoms with E-state index in [9.17, 15) is 0 Å². The number of aryl methyl sites for hydroxylation is 1. The van der Waals surface area contributed by atoms with Crippen LogP contribution in [0.4, 0.5) is 0 Å². The Bertz CT molecular complexity index is 412. The SMILES string of the molecule is CSc1ncnc2onc(C)c12. The van der Waals surface area contributed by atoms with Crippen LogP contribution in [0, 0.1) is 6.92 Å². The summed E-state index contributed by atoms with van der Waals surface area (Å²) in [6.07, 6.45) is 3.45. The maximum Gasteiger partial charge on any atom is 0.262 e. The minimum Gasteiger partial charge on any atom is -0.335 e. The molecule has 2 heterocycles. The summed E-state index contributed by atoms with van der Waals surface area (Å²) in [5.41, 5.74) is 1.40. The van der Waals surface area contributed by atoms with Crippen LogP contribution in [0.5, 0.6) is 0 Å². The lowest BCUT2D eigenvalue weighted by atomic mass is 10.3. The van der Waals surface area contributed by atoms with Gasteiger partial charge in [-0.15, -0.1) is 11.8 Å². The average molecular weight is 181 g/mol. The molecule has 12 heavy (non-hydrogen) atoms. The van der Waals surface area contributed by atoms with Gasteiger partial charge in [0.25, 0.3) is 5.71 Å². The molecule has 62 valence electrons. The molecule has 2 rings (SSSR count). The topological polar surface area (TPSA) is 51.8 Å². The second kappa shape index (κ2) is 2.75. The van der Waals surface area contributed by atoms with E-state index in [2.05, 4.69) is 15.1 Å². The fourth-order valence-corrected chi connectivity index (χ4v) is 1.64. The molecular weight excluding hydrogens is 174 g/mol. The van der Waals surface area contributed by atoms with Crippen molar-refractivity contribution in [3.63, 3.8) is 0 Å². The van der Waals surface area contributed by atoms with E-state index in [0.717, 1.165) is 16.1 Å². The summed E-state index contributed by atoms with van der Waals surface area (Å²) < 4.78 is 4.98. The minimum absolute atomic E-state index is 0.562. The molecule has 0 aliphatic heterocycles. The van der Waals surface area contributed by atoms with E-state index in [1.807, 2.05) is 13.2 Å². The fourth-order valence-electron chi connectivity index (χ4n) is 1.05. The van der Waals surface area contributed by atoms with Crippen LogP contribution in [0.3, 0.4) is 0 Å². The van der Waals surface area contributed by atoms with Crippen LogP contribution in [-0.4, -0.2) is 21.4 Å². The molecule has 2 aromatic heterocycles. The second-order valence-electron chi connectivity index (χ2n) is 2.33. The van der Waals surface area contributed by atoms with Gasteiger partial charge in [0, 0.05) is 0 Å². The van der Waals surface area contributed by atoms with Crippen LogP contribution in [0.15, 0.2) is 15.9 Å². The first-order valence-corrected chi connectivity index (χ1v) is 4.66. The first-order valence-electron chi connectivity index (χ1n) is 3.44. The van der Waals surface area contributed by atoms with Crippen molar-refractivity contribution >= 4 is 22.9 Å². The van der Waals surface area contributed by atoms with Gasteiger partial charge in [0.1, 0.15) is 11.4 Å². The van der Waals surface area contributed by atoms with Crippen LogP contribution >= 0.6 is 11.8 Å². The van der Waals surface area contributed by atoms with Gasteiger partial charge in [-0.2, -0.15) is 4.98 Å². The van der Waals surface area contributed by atoms with Crippen molar-refractivity contribution in [1.82, 2.24) is 15.1 Å². The molecule has 0 saturated carbocycles. The maximum atomic E-state index is 4.98. The highest BCUT2D eigenvalue weighted by molar-refractivity contribution is 7.98. The van der Waals surface area contributed by atoms with Crippen LogP contribution in [0.2, 0.25) is 0 Å². The van der Waals surface area contributed by atoms with Gasteiger partial charge in [0.15, 0.2) is 0 Å². The number of aromatic nitrogens is 3. The van der Waals surface area contributed by atoms with E-state index < -0.39 is 0 Å². The van der Waals surface area contributed by atoms with Gasteiger partial charge in [-0.3, -0.25) is 0 Å². The van der Waals surface area contributed by atoms with Gasteiger partial charge < -0.3 is 4.52 Å². The largest absolute Gasteiger partial charge is 0.335 e. The third-order valence-corrected chi connectivity index (χ3v) is 2.30. The van der Waals surface area contributed by atoms with Crippen molar-refractivity contribution in [2.45, 2.75) is 11.9 Å². The van der Waals surface area contributed by atoms with E-state index in [1.165, 1.54) is 6.33 Å². The molecule has 0 fully saturated rings. The molecule has 0 spiro atoms. The number of fused-ring (bicyclic) bond motifs is 1. The third-order valence-electron chi connectivity index (χ3n) is 1.60. The lowest BCUT2D eigenvalue weighted by molar-refractivity contribution is 0.442. The summed E-state index contributed by atoms with van der Waals surface area (Å²) in [7, 11) is 0. The average Bonchev–Trinajstić information content (AvgIpc) is 2.48. The number of nitrogens with zero attached hydrogens (tertiary/aromatic N) is 3. The molecule has 0 amide bonds. The molecule has 0 aliphatic rings. The first kappa shape index (κ1) is 7.54. The van der Waals surface area contributed by atoms with E-state index in [4.69, 9.17) is 4.52 Å². The highest BCUT2D eigenvalue weighted by atomic mass is 32.2. The van der Waals surface area contributed by atoms with Crippen molar-refractivity contribution in [2.75, 3.05) is 6.26 Å². The second-order valence-corrected chi connectivity index (χ2v) is 3.13. The highest BCUT2D eigenvalue weighted by Crippen LogP contribution is 2.24. The Morgan fingerprint density at radius 1 is 1.42 bits per heavy atom. The van der Waals surface area contributed by atoms with Crippen molar-refractivity contribution in [1.29, 1.82) is 0 Å². The molecule has 5 heteroatoms. The number of hydrogen-bond acceptors (Lipinski definition) is 5. The third kappa shape index (κ3) is 0.972. The summed E-state index contributed by atoms with van der Waals surface area (Å²) in [5, 5.41) is 5.65. The van der Waals surface area contributed by atoms with E-state index >= 15 is 0 Å².